The third kappa shape index (κ3) is 4.01. The Kier molecular flexibility index (Phi) is 5.60. The largest absolute Gasteiger partial charge is 0.497 e. The van der Waals surface area contributed by atoms with Gasteiger partial charge in [0.2, 0.25) is 5.91 Å². The molecule has 2 rings (SSSR count). The van der Waals surface area contributed by atoms with Crippen LogP contribution in [0.4, 0.5) is 10.5 Å². The number of benzene rings is 1. The van der Waals surface area contributed by atoms with Crippen molar-refractivity contribution in [1.29, 1.82) is 0 Å². The zero-order valence-corrected chi connectivity index (χ0v) is 14.0. The predicted octanol–water partition coefficient (Wildman–Crippen LogP) is 2.01. The van der Waals surface area contributed by atoms with Gasteiger partial charge in [-0.3, -0.25) is 4.79 Å². The maximum atomic E-state index is 12.8. The van der Waals surface area contributed by atoms with Crippen LogP contribution in [0.25, 0.3) is 0 Å². The van der Waals surface area contributed by atoms with Crippen molar-refractivity contribution in [3.8, 4) is 5.75 Å². The number of carbonyl (C=O) groups excluding carboxylic acids is 2. The van der Waals surface area contributed by atoms with Crippen LogP contribution in [0, 0.1) is 5.92 Å². The highest BCUT2D eigenvalue weighted by molar-refractivity contribution is 6.15. The van der Waals surface area contributed by atoms with Gasteiger partial charge in [-0.2, -0.15) is 0 Å². The van der Waals surface area contributed by atoms with Gasteiger partial charge in [-0.1, -0.05) is 6.07 Å². The van der Waals surface area contributed by atoms with Crippen LogP contribution in [0.2, 0.25) is 0 Å². The molecule has 0 saturated heterocycles. The van der Waals surface area contributed by atoms with Crippen molar-refractivity contribution in [1.82, 2.24) is 4.90 Å². The molecular formula is C17H25N3O3. The van der Waals surface area contributed by atoms with Crippen molar-refractivity contribution in [2.75, 3.05) is 32.6 Å². The Morgan fingerprint density at radius 3 is 2.78 bits per heavy atom. The quantitative estimate of drug-likeness (QED) is 0.901. The number of nitrogens with zero attached hydrogens (tertiary/aromatic N) is 2. The van der Waals surface area contributed by atoms with E-state index in [0.717, 1.165) is 42.7 Å². The van der Waals surface area contributed by atoms with E-state index in [4.69, 9.17) is 10.5 Å². The molecule has 1 aromatic rings. The fourth-order valence-corrected chi connectivity index (χ4v) is 2.99. The predicted molar refractivity (Wildman–Crippen MR) is 89.7 cm³/mol. The summed E-state index contributed by atoms with van der Waals surface area (Å²) in [6.45, 7) is 0.918. The van der Waals surface area contributed by atoms with E-state index >= 15 is 0 Å². The number of nitrogens with two attached hydrogens (primary N) is 1. The molecule has 0 aliphatic carbocycles. The minimum atomic E-state index is -0.732. The van der Waals surface area contributed by atoms with Gasteiger partial charge in [0.15, 0.2) is 0 Å². The van der Waals surface area contributed by atoms with Gasteiger partial charge in [-0.25, -0.2) is 9.69 Å². The second-order valence-corrected chi connectivity index (χ2v) is 6.19. The topological polar surface area (TPSA) is 75.9 Å². The number of hydrogen-bond acceptors (Lipinski definition) is 4. The van der Waals surface area contributed by atoms with E-state index in [-0.39, 0.29) is 11.8 Å². The lowest BCUT2D eigenvalue weighted by atomic mass is 9.95. The highest BCUT2D eigenvalue weighted by atomic mass is 16.5. The van der Waals surface area contributed by atoms with Gasteiger partial charge in [0, 0.05) is 12.0 Å². The van der Waals surface area contributed by atoms with Gasteiger partial charge in [0.1, 0.15) is 5.75 Å². The number of primary amides is 1. The molecule has 0 saturated carbocycles. The van der Waals surface area contributed by atoms with E-state index in [2.05, 4.69) is 4.90 Å². The Morgan fingerprint density at radius 1 is 1.43 bits per heavy atom. The molecule has 0 aromatic heterocycles. The Balaban J connectivity index is 2.26. The Labute approximate surface area is 137 Å². The van der Waals surface area contributed by atoms with Gasteiger partial charge in [0.25, 0.3) is 0 Å². The molecule has 23 heavy (non-hydrogen) atoms. The SMILES string of the molecule is COc1ccc2c(c1)N(C(N)=O)C(=O)C(CCCN(C)C)CC2. The number of amides is 3. The highest BCUT2D eigenvalue weighted by Gasteiger charge is 2.33. The molecule has 1 atom stereocenters. The lowest BCUT2D eigenvalue weighted by molar-refractivity contribution is -0.121. The lowest BCUT2D eigenvalue weighted by Crippen LogP contribution is -2.43. The fourth-order valence-electron chi connectivity index (χ4n) is 2.99. The number of anilines is 1. The monoisotopic (exact) mass is 319 g/mol. The fraction of sp³-hybridized carbons (Fsp3) is 0.529. The second kappa shape index (κ2) is 7.46. The van der Waals surface area contributed by atoms with Crippen molar-refractivity contribution >= 4 is 17.6 Å². The summed E-state index contributed by atoms with van der Waals surface area (Å²) in [7, 11) is 5.57. The molecule has 0 bridgehead atoms. The van der Waals surface area contributed by atoms with E-state index < -0.39 is 6.03 Å². The van der Waals surface area contributed by atoms with Crippen LogP contribution in [0.5, 0.6) is 5.75 Å². The first kappa shape index (κ1) is 17.3. The van der Waals surface area contributed by atoms with Crippen molar-refractivity contribution in [2.24, 2.45) is 11.7 Å². The Morgan fingerprint density at radius 2 is 2.17 bits per heavy atom. The maximum absolute atomic E-state index is 12.8. The van der Waals surface area contributed by atoms with E-state index in [1.54, 1.807) is 13.2 Å². The maximum Gasteiger partial charge on any atom is 0.326 e. The molecule has 1 heterocycles. The van der Waals surface area contributed by atoms with Crippen molar-refractivity contribution in [3.63, 3.8) is 0 Å². The number of ether oxygens (including phenoxy) is 1. The Bertz CT molecular complexity index is 586. The van der Waals surface area contributed by atoms with E-state index in [0.29, 0.717) is 11.4 Å². The normalized spacial score (nSPS) is 17.8. The first-order valence-electron chi connectivity index (χ1n) is 7.89. The van der Waals surface area contributed by atoms with E-state index in [9.17, 15) is 9.59 Å². The second-order valence-electron chi connectivity index (χ2n) is 6.19. The van der Waals surface area contributed by atoms with Crippen LogP contribution in [0.3, 0.4) is 0 Å². The van der Waals surface area contributed by atoms with Gasteiger partial charge in [-0.05, 0) is 58.0 Å². The standard InChI is InChI=1S/C17H25N3O3/c1-19(2)10-4-5-13-7-6-12-8-9-14(23-3)11-15(12)20(16(13)21)17(18)22/h8-9,11,13H,4-7,10H2,1-3H3,(H2,18,22). The number of fused-ring (bicyclic) bond motifs is 1. The number of urea groups is 1. The lowest BCUT2D eigenvalue weighted by Gasteiger charge is -2.23. The van der Waals surface area contributed by atoms with Crippen LogP contribution in [0.1, 0.15) is 24.8 Å². The van der Waals surface area contributed by atoms with Crippen molar-refractivity contribution < 1.29 is 14.3 Å². The number of aryl methyl sites for hydroxylation is 1. The Hall–Kier alpha value is -2.08. The summed E-state index contributed by atoms with van der Waals surface area (Å²) in [5.41, 5.74) is 6.99. The van der Waals surface area contributed by atoms with Crippen LogP contribution >= 0.6 is 0 Å². The summed E-state index contributed by atoms with van der Waals surface area (Å²) < 4.78 is 5.21. The number of methoxy groups -OCH3 is 1. The van der Waals surface area contributed by atoms with Crippen molar-refractivity contribution in [3.05, 3.63) is 23.8 Å². The van der Waals surface area contributed by atoms with Gasteiger partial charge in [-0.15, -0.1) is 0 Å². The van der Waals surface area contributed by atoms with E-state index in [1.165, 1.54) is 0 Å². The first-order chi connectivity index (χ1) is 10.9. The van der Waals surface area contributed by atoms with Crippen molar-refractivity contribution in [2.45, 2.75) is 25.7 Å². The average molecular weight is 319 g/mol. The summed E-state index contributed by atoms with van der Waals surface area (Å²) >= 11 is 0. The summed E-state index contributed by atoms with van der Waals surface area (Å²) in [5, 5.41) is 0. The van der Waals surface area contributed by atoms with Gasteiger partial charge >= 0.3 is 6.03 Å². The molecular weight excluding hydrogens is 294 g/mol. The third-order valence-corrected chi connectivity index (χ3v) is 4.24. The smallest absolute Gasteiger partial charge is 0.326 e. The summed E-state index contributed by atoms with van der Waals surface area (Å²) in [6, 6.07) is 4.72. The average Bonchev–Trinajstić information content (AvgIpc) is 2.63. The minimum absolute atomic E-state index is 0.180. The first-order valence-corrected chi connectivity index (χ1v) is 7.89. The molecule has 3 amide bonds. The van der Waals surface area contributed by atoms with Gasteiger partial charge < -0.3 is 15.4 Å². The molecule has 2 N–H and O–H groups in total. The zero-order chi connectivity index (χ0) is 17.0. The molecule has 126 valence electrons. The molecule has 1 unspecified atom stereocenters. The number of rotatable bonds is 5. The molecule has 1 aliphatic rings. The number of hydrogen-bond donors (Lipinski definition) is 1. The molecule has 0 fully saturated rings. The van der Waals surface area contributed by atoms with Crippen LogP contribution in [0.15, 0.2) is 18.2 Å². The summed E-state index contributed by atoms with van der Waals surface area (Å²) in [6.07, 6.45) is 3.15. The highest BCUT2D eigenvalue weighted by Crippen LogP contribution is 2.33. The molecule has 6 nitrogen and oxygen atoms in total. The van der Waals surface area contributed by atoms with E-state index in [1.807, 2.05) is 26.2 Å². The third-order valence-electron chi connectivity index (χ3n) is 4.24. The number of carbonyl (C=O) groups is 2. The van der Waals surface area contributed by atoms with Gasteiger partial charge in [0.05, 0.1) is 12.8 Å². The van der Waals surface area contributed by atoms with Crippen LogP contribution in [-0.2, 0) is 11.2 Å². The summed E-state index contributed by atoms with van der Waals surface area (Å²) in [5.74, 6) is 0.220. The minimum Gasteiger partial charge on any atom is -0.497 e. The molecule has 1 aromatic carbocycles. The molecule has 1 aliphatic heterocycles. The van der Waals surface area contributed by atoms with Crippen LogP contribution < -0.4 is 15.4 Å². The molecule has 0 radical (unpaired) electrons. The zero-order valence-electron chi connectivity index (χ0n) is 14.0. The van der Waals surface area contributed by atoms with Crippen LogP contribution in [-0.4, -0.2) is 44.6 Å². The number of imide groups is 1. The summed E-state index contributed by atoms with van der Waals surface area (Å²) in [4.78, 5) is 27.9. The molecule has 6 heteroatoms. The molecule has 0 spiro atoms.